The molecular weight excluding hydrogens is 302 g/mol. The number of rotatable bonds is 2. The Bertz CT molecular complexity index is 590. The first-order chi connectivity index (χ1) is 9.17. The second kappa shape index (κ2) is 5.25. The van der Waals surface area contributed by atoms with E-state index in [1.807, 2.05) is 0 Å². The van der Waals surface area contributed by atoms with Crippen molar-refractivity contribution in [1.82, 2.24) is 15.3 Å². The third-order valence-corrected chi connectivity index (χ3v) is 4.64. The fourth-order valence-electron chi connectivity index (χ4n) is 3.01. The van der Waals surface area contributed by atoms with Gasteiger partial charge in [0, 0.05) is 4.47 Å². The SMILES string of the molecule is CCC1CCNC(c2nc3c(C)cc(Br)cc3[nH]2)C1. The second-order valence-corrected chi connectivity index (χ2v) is 6.46. The number of nitrogens with zero attached hydrogens (tertiary/aromatic N) is 1. The van der Waals surface area contributed by atoms with Gasteiger partial charge in [-0.15, -0.1) is 0 Å². The smallest absolute Gasteiger partial charge is 0.124 e. The van der Waals surface area contributed by atoms with Gasteiger partial charge in [-0.1, -0.05) is 29.3 Å². The molecule has 1 saturated heterocycles. The molecule has 2 atom stereocenters. The summed E-state index contributed by atoms with van der Waals surface area (Å²) in [7, 11) is 0. The molecule has 1 aliphatic rings. The first-order valence-corrected chi connectivity index (χ1v) is 7.85. The molecule has 3 nitrogen and oxygen atoms in total. The highest BCUT2D eigenvalue weighted by Crippen LogP contribution is 2.30. The Morgan fingerprint density at radius 3 is 3.05 bits per heavy atom. The average Bonchev–Trinajstić information content (AvgIpc) is 2.83. The molecule has 2 unspecified atom stereocenters. The van der Waals surface area contributed by atoms with Gasteiger partial charge in [0.25, 0.3) is 0 Å². The quantitative estimate of drug-likeness (QED) is 0.874. The second-order valence-electron chi connectivity index (χ2n) is 5.55. The largest absolute Gasteiger partial charge is 0.341 e. The fourth-order valence-corrected chi connectivity index (χ4v) is 3.58. The van der Waals surface area contributed by atoms with Crippen molar-refractivity contribution >= 4 is 27.0 Å². The van der Waals surface area contributed by atoms with Crippen molar-refractivity contribution in [2.24, 2.45) is 5.92 Å². The molecule has 2 heterocycles. The predicted molar refractivity (Wildman–Crippen MR) is 82.3 cm³/mol. The van der Waals surface area contributed by atoms with Crippen LogP contribution in [-0.2, 0) is 0 Å². The lowest BCUT2D eigenvalue weighted by atomic mass is 9.90. The molecule has 102 valence electrons. The number of aromatic nitrogens is 2. The van der Waals surface area contributed by atoms with Crippen LogP contribution in [0, 0.1) is 12.8 Å². The minimum atomic E-state index is 0.379. The summed E-state index contributed by atoms with van der Waals surface area (Å²) in [6.07, 6.45) is 3.75. The number of piperidine rings is 1. The zero-order valence-electron chi connectivity index (χ0n) is 11.5. The van der Waals surface area contributed by atoms with Gasteiger partial charge in [0.05, 0.1) is 17.1 Å². The fraction of sp³-hybridized carbons (Fsp3) is 0.533. The van der Waals surface area contributed by atoms with E-state index in [1.54, 1.807) is 0 Å². The lowest BCUT2D eigenvalue weighted by Gasteiger charge is -2.28. The minimum Gasteiger partial charge on any atom is -0.341 e. The van der Waals surface area contributed by atoms with Crippen molar-refractivity contribution in [3.63, 3.8) is 0 Å². The van der Waals surface area contributed by atoms with Crippen LogP contribution in [0.4, 0.5) is 0 Å². The van der Waals surface area contributed by atoms with Crippen molar-refractivity contribution in [1.29, 1.82) is 0 Å². The number of aryl methyl sites for hydroxylation is 1. The third kappa shape index (κ3) is 2.56. The first-order valence-electron chi connectivity index (χ1n) is 7.06. The molecule has 1 aliphatic heterocycles. The third-order valence-electron chi connectivity index (χ3n) is 4.18. The summed E-state index contributed by atoms with van der Waals surface area (Å²) in [6.45, 7) is 5.50. The van der Waals surface area contributed by atoms with Crippen LogP contribution in [0.15, 0.2) is 16.6 Å². The van der Waals surface area contributed by atoms with Crippen LogP contribution in [0.1, 0.15) is 43.6 Å². The molecule has 1 fully saturated rings. The van der Waals surface area contributed by atoms with Gasteiger partial charge in [0.1, 0.15) is 5.82 Å². The van der Waals surface area contributed by atoms with Crippen LogP contribution in [0.2, 0.25) is 0 Å². The standard InChI is InChI=1S/C15H20BrN3/c1-3-10-4-5-17-13(7-10)15-18-12-8-11(16)6-9(2)14(12)19-15/h6,8,10,13,17H,3-5,7H2,1-2H3,(H,18,19). The highest BCUT2D eigenvalue weighted by Gasteiger charge is 2.24. The van der Waals surface area contributed by atoms with E-state index < -0.39 is 0 Å². The van der Waals surface area contributed by atoms with Crippen LogP contribution >= 0.6 is 15.9 Å². The number of aromatic amines is 1. The Hall–Kier alpha value is -0.870. The van der Waals surface area contributed by atoms with Crippen LogP contribution in [0.5, 0.6) is 0 Å². The maximum Gasteiger partial charge on any atom is 0.124 e. The summed E-state index contributed by atoms with van der Waals surface area (Å²) in [5.74, 6) is 1.92. The molecule has 0 radical (unpaired) electrons. The van der Waals surface area contributed by atoms with Gasteiger partial charge < -0.3 is 10.3 Å². The molecular formula is C15H20BrN3. The van der Waals surface area contributed by atoms with E-state index >= 15 is 0 Å². The first kappa shape index (κ1) is 13.1. The summed E-state index contributed by atoms with van der Waals surface area (Å²) >= 11 is 3.55. The van der Waals surface area contributed by atoms with Crippen molar-refractivity contribution < 1.29 is 0 Å². The molecule has 0 saturated carbocycles. The summed E-state index contributed by atoms with van der Waals surface area (Å²) < 4.78 is 1.11. The topological polar surface area (TPSA) is 40.7 Å². The number of hydrogen-bond acceptors (Lipinski definition) is 2. The monoisotopic (exact) mass is 321 g/mol. The van der Waals surface area contributed by atoms with E-state index in [2.05, 4.69) is 52.2 Å². The zero-order valence-corrected chi connectivity index (χ0v) is 13.0. The summed E-state index contributed by atoms with van der Waals surface area (Å²) in [4.78, 5) is 8.29. The summed E-state index contributed by atoms with van der Waals surface area (Å²) in [5, 5.41) is 3.59. The highest BCUT2D eigenvalue weighted by molar-refractivity contribution is 9.10. The van der Waals surface area contributed by atoms with Crippen LogP contribution in [-0.4, -0.2) is 16.5 Å². The Balaban J connectivity index is 1.94. The van der Waals surface area contributed by atoms with Gasteiger partial charge >= 0.3 is 0 Å². The Morgan fingerprint density at radius 2 is 2.26 bits per heavy atom. The number of halogens is 1. The normalized spacial score (nSPS) is 23.9. The lowest BCUT2D eigenvalue weighted by Crippen LogP contribution is -2.32. The van der Waals surface area contributed by atoms with Gasteiger partial charge in [-0.05, 0) is 49.9 Å². The molecule has 0 bridgehead atoms. The Kier molecular flexibility index (Phi) is 3.63. The Labute approximate surface area is 122 Å². The molecule has 1 aromatic heterocycles. The van der Waals surface area contributed by atoms with Crippen molar-refractivity contribution in [2.75, 3.05) is 6.54 Å². The molecule has 2 N–H and O–H groups in total. The van der Waals surface area contributed by atoms with Crippen LogP contribution in [0.25, 0.3) is 11.0 Å². The molecule has 0 spiro atoms. The number of H-pyrrole nitrogens is 1. The molecule has 2 aromatic rings. The summed E-state index contributed by atoms with van der Waals surface area (Å²) in [6, 6.07) is 4.61. The van der Waals surface area contributed by atoms with Crippen molar-refractivity contribution in [3.05, 3.63) is 28.0 Å². The van der Waals surface area contributed by atoms with Gasteiger partial charge in [0.15, 0.2) is 0 Å². The van der Waals surface area contributed by atoms with E-state index in [9.17, 15) is 0 Å². The highest BCUT2D eigenvalue weighted by atomic mass is 79.9. The molecule has 19 heavy (non-hydrogen) atoms. The number of benzene rings is 1. The van der Waals surface area contributed by atoms with E-state index in [1.165, 1.54) is 24.8 Å². The Morgan fingerprint density at radius 1 is 1.42 bits per heavy atom. The van der Waals surface area contributed by atoms with E-state index in [-0.39, 0.29) is 0 Å². The number of fused-ring (bicyclic) bond motifs is 1. The number of hydrogen-bond donors (Lipinski definition) is 2. The maximum atomic E-state index is 4.81. The van der Waals surface area contributed by atoms with Crippen molar-refractivity contribution in [3.8, 4) is 0 Å². The lowest BCUT2D eigenvalue weighted by molar-refractivity contribution is 0.292. The van der Waals surface area contributed by atoms with Gasteiger partial charge in [0.2, 0.25) is 0 Å². The molecule has 4 heteroatoms. The van der Waals surface area contributed by atoms with E-state index in [0.29, 0.717) is 6.04 Å². The van der Waals surface area contributed by atoms with Gasteiger partial charge in [-0.25, -0.2) is 4.98 Å². The average molecular weight is 322 g/mol. The summed E-state index contributed by atoms with van der Waals surface area (Å²) in [5.41, 5.74) is 3.44. The molecule has 0 amide bonds. The van der Waals surface area contributed by atoms with E-state index in [0.717, 1.165) is 33.8 Å². The van der Waals surface area contributed by atoms with Crippen LogP contribution in [0.3, 0.4) is 0 Å². The molecule has 1 aromatic carbocycles. The van der Waals surface area contributed by atoms with Gasteiger partial charge in [-0.2, -0.15) is 0 Å². The number of imidazole rings is 1. The molecule has 0 aliphatic carbocycles. The predicted octanol–water partition coefficient (Wildman–Crippen LogP) is 4.08. The van der Waals surface area contributed by atoms with Crippen LogP contribution < -0.4 is 5.32 Å². The van der Waals surface area contributed by atoms with Gasteiger partial charge in [-0.3, -0.25) is 0 Å². The van der Waals surface area contributed by atoms with Crippen molar-refractivity contribution in [2.45, 2.75) is 39.2 Å². The minimum absolute atomic E-state index is 0.379. The zero-order chi connectivity index (χ0) is 13.4. The van der Waals surface area contributed by atoms with E-state index in [4.69, 9.17) is 4.98 Å². The number of nitrogens with one attached hydrogen (secondary N) is 2. The molecule has 3 rings (SSSR count). The maximum absolute atomic E-state index is 4.81.